The van der Waals surface area contributed by atoms with Crippen molar-refractivity contribution in [3.8, 4) is 0 Å². The second-order valence-corrected chi connectivity index (χ2v) is 5.68. The Morgan fingerprint density at radius 2 is 2.23 bits per heavy atom. The van der Waals surface area contributed by atoms with Crippen LogP contribution in [0.1, 0.15) is 24.3 Å². The van der Waals surface area contributed by atoms with E-state index < -0.39 is 18.1 Å². The number of carbonyl (C=O) groups excluding carboxylic acids is 2. The fourth-order valence-electron chi connectivity index (χ4n) is 2.71. The van der Waals surface area contributed by atoms with Crippen LogP contribution >= 0.6 is 0 Å². The van der Waals surface area contributed by atoms with Crippen LogP contribution < -0.4 is 16.0 Å². The van der Waals surface area contributed by atoms with Crippen molar-refractivity contribution in [3.63, 3.8) is 0 Å². The highest BCUT2D eigenvalue weighted by Crippen LogP contribution is 2.29. The molecule has 22 heavy (non-hydrogen) atoms. The summed E-state index contributed by atoms with van der Waals surface area (Å²) in [7, 11) is 0. The third kappa shape index (κ3) is 2.89. The summed E-state index contributed by atoms with van der Waals surface area (Å²) in [6, 6.07) is 4.82. The molecule has 0 bridgehead atoms. The van der Waals surface area contributed by atoms with E-state index >= 15 is 0 Å². The van der Waals surface area contributed by atoms with Gasteiger partial charge in [0.1, 0.15) is 11.9 Å². The Hall–Kier alpha value is -2.15. The number of hydrogen-bond acceptors (Lipinski definition) is 4. The van der Waals surface area contributed by atoms with Gasteiger partial charge in [-0.25, -0.2) is 9.18 Å². The second kappa shape index (κ2) is 5.92. The van der Waals surface area contributed by atoms with Crippen LogP contribution in [0.5, 0.6) is 0 Å². The van der Waals surface area contributed by atoms with Crippen molar-refractivity contribution in [2.75, 3.05) is 24.5 Å². The monoisotopic (exact) mass is 307 g/mol. The number of nitrogens with two attached hydrogens (primary N) is 1. The fourth-order valence-corrected chi connectivity index (χ4v) is 2.71. The standard InChI is InChI=1S/C15H18FN3O3/c16-13-5-10(1-3-12(13)9-6-18-7-9)19-8-11(22-15(19)21)2-4-14(17)20/h1,3,5,9,11,18H,2,4,6-8H2,(H2,17,20). The van der Waals surface area contributed by atoms with Crippen molar-refractivity contribution >= 4 is 17.7 Å². The highest BCUT2D eigenvalue weighted by molar-refractivity contribution is 5.89. The first kappa shape index (κ1) is 14.8. The highest BCUT2D eigenvalue weighted by atomic mass is 19.1. The SMILES string of the molecule is NC(=O)CCC1CN(c2ccc(C3CNC3)c(F)c2)C(=O)O1. The van der Waals surface area contributed by atoms with Crippen molar-refractivity contribution in [2.45, 2.75) is 24.9 Å². The van der Waals surface area contributed by atoms with Crippen LogP contribution in [0.4, 0.5) is 14.9 Å². The Morgan fingerprint density at radius 3 is 2.82 bits per heavy atom. The van der Waals surface area contributed by atoms with E-state index in [2.05, 4.69) is 5.32 Å². The zero-order valence-corrected chi connectivity index (χ0v) is 12.0. The summed E-state index contributed by atoms with van der Waals surface area (Å²) in [4.78, 5) is 24.1. The quantitative estimate of drug-likeness (QED) is 0.853. The lowest BCUT2D eigenvalue weighted by molar-refractivity contribution is -0.118. The third-order valence-electron chi connectivity index (χ3n) is 4.10. The van der Waals surface area contributed by atoms with Gasteiger partial charge in [-0.3, -0.25) is 9.69 Å². The number of amides is 2. The van der Waals surface area contributed by atoms with Gasteiger partial charge in [-0.05, 0) is 24.1 Å². The Bertz CT molecular complexity index is 604. The lowest BCUT2D eigenvalue weighted by Gasteiger charge is -2.28. The van der Waals surface area contributed by atoms with E-state index in [4.69, 9.17) is 10.5 Å². The molecule has 3 N–H and O–H groups in total. The summed E-state index contributed by atoms with van der Waals surface area (Å²) in [5, 5.41) is 3.10. The number of halogens is 1. The molecule has 1 unspecified atom stereocenters. The molecule has 2 aliphatic heterocycles. The van der Waals surface area contributed by atoms with Gasteiger partial charge in [0, 0.05) is 25.4 Å². The van der Waals surface area contributed by atoms with Crippen molar-refractivity contribution < 1.29 is 18.7 Å². The Balaban J connectivity index is 1.69. The van der Waals surface area contributed by atoms with Crippen LogP contribution in [-0.2, 0) is 9.53 Å². The van der Waals surface area contributed by atoms with Gasteiger partial charge in [0.15, 0.2) is 0 Å². The van der Waals surface area contributed by atoms with E-state index in [1.807, 2.05) is 0 Å². The van der Waals surface area contributed by atoms with E-state index in [1.54, 1.807) is 12.1 Å². The maximum Gasteiger partial charge on any atom is 0.414 e. The predicted molar refractivity (Wildman–Crippen MR) is 78.1 cm³/mol. The highest BCUT2D eigenvalue weighted by Gasteiger charge is 2.33. The summed E-state index contributed by atoms with van der Waals surface area (Å²) in [5.41, 5.74) is 6.23. The van der Waals surface area contributed by atoms with Gasteiger partial charge in [-0.15, -0.1) is 0 Å². The molecule has 0 aliphatic carbocycles. The molecule has 1 aromatic rings. The Labute approximate surface area is 127 Å². The minimum atomic E-state index is -0.521. The van der Waals surface area contributed by atoms with Crippen LogP contribution in [0.3, 0.4) is 0 Å². The molecule has 1 aromatic carbocycles. The Morgan fingerprint density at radius 1 is 1.45 bits per heavy atom. The molecule has 2 fully saturated rings. The van der Waals surface area contributed by atoms with E-state index in [1.165, 1.54) is 11.0 Å². The van der Waals surface area contributed by atoms with Gasteiger partial charge in [-0.2, -0.15) is 0 Å². The zero-order chi connectivity index (χ0) is 15.7. The summed E-state index contributed by atoms with van der Waals surface area (Å²) >= 11 is 0. The number of cyclic esters (lactones) is 1. The molecule has 1 atom stereocenters. The molecule has 3 rings (SSSR count). The second-order valence-electron chi connectivity index (χ2n) is 5.68. The third-order valence-corrected chi connectivity index (χ3v) is 4.10. The molecule has 2 saturated heterocycles. The Kier molecular flexibility index (Phi) is 3.98. The molecule has 2 aliphatic rings. The summed E-state index contributed by atoms with van der Waals surface area (Å²) in [6.45, 7) is 1.85. The minimum Gasteiger partial charge on any atom is -0.444 e. The molecule has 0 saturated carbocycles. The maximum atomic E-state index is 14.2. The molecule has 118 valence electrons. The summed E-state index contributed by atoms with van der Waals surface area (Å²) in [5.74, 6) is -0.542. The number of ether oxygens (including phenoxy) is 1. The number of nitrogens with one attached hydrogen (secondary N) is 1. The van der Waals surface area contributed by atoms with Crippen molar-refractivity contribution in [3.05, 3.63) is 29.6 Å². The molecule has 2 amide bonds. The number of hydrogen-bond donors (Lipinski definition) is 2. The van der Waals surface area contributed by atoms with Crippen molar-refractivity contribution in [2.24, 2.45) is 5.73 Å². The van der Waals surface area contributed by atoms with Gasteiger partial charge < -0.3 is 15.8 Å². The van der Waals surface area contributed by atoms with Crippen LogP contribution in [0.25, 0.3) is 0 Å². The first-order chi connectivity index (χ1) is 10.5. The first-order valence-electron chi connectivity index (χ1n) is 7.31. The van der Waals surface area contributed by atoms with Gasteiger partial charge in [0.05, 0.1) is 12.2 Å². The van der Waals surface area contributed by atoms with Crippen LogP contribution in [-0.4, -0.2) is 37.7 Å². The zero-order valence-electron chi connectivity index (χ0n) is 12.0. The van der Waals surface area contributed by atoms with Gasteiger partial charge in [0.25, 0.3) is 0 Å². The lowest BCUT2D eigenvalue weighted by Crippen LogP contribution is -2.40. The number of primary amides is 1. The molecule has 0 radical (unpaired) electrons. The number of benzene rings is 1. The van der Waals surface area contributed by atoms with E-state index in [9.17, 15) is 14.0 Å². The predicted octanol–water partition coefficient (Wildman–Crippen LogP) is 1.10. The van der Waals surface area contributed by atoms with E-state index in [-0.39, 0.29) is 18.2 Å². The topological polar surface area (TPSA) is 84.7 Å². The fraction of sp³-hybridized carbons (Fsp3) is 0.467. The summed E-state index contributed by atoms with van der Waals surface area (Å²) < 4.78 is 19.4. The average molecular weight is 307 g/mol. The van der Waals surface area contributed by atoms with E-state index in [0.717, 1.165) is 13.1 Å². The smallest absolute Gasteiger partial charge is 0.414 e. The number of rotatable bonds is 5. The lowest BCUT2D eigenvalue weighted by atomic mass is 9.93. The van der Waals surface area contributed by atoms with Gasteiger partial charge in [0.2, 0.25) is 5.91 Å². The molecular weight excluding hydrogens is 289 g/mol. The number of nitrogens with zero attached hydrogens (tertiary/aromatic N) is 1. The largest absolute Gasteiger partial charge is 0.444 e. The number of carbonyl (C=O) groups is 2. The summed E-state index contributed by atoms with van der Waals surface area (Å²) in [6.07, 6.45) is -0.370. The van der Waals surface area contributed by atoms with E-state index in [0.29, 0.717) is 24.2 Å². The maximum absolute atomic E-state index is 14.2. The average Bonchev–Trinajstić information content (AvgIpc) is 2.78. The molecule has 0 aromatic heterocycles. The van der Waals surface area contributed by atoms with Gasteiger partial charge >= 0.3 is 6.09 Å². The molecule has 7 heteroatoms. The molecule has 2 heterocycles. The first-order valence-corrected chi connectivity index (χ1v) is 7.31. The van der Waals surface area contributed by atoms with Crippen molar-refractivity contribution in [1.29, 1.82) is 0 Å². The van der Waals surface area contributed by atoms with Crippen LogP contribution in [0, 0.1) is 5.82 Å². The van der Waals surface area contributed by atoms with Gasteiger partial charge in [-0.1, -0.05) is 6.07 Å². The van der Waals surface area contributed by atoms with Crippen molar-refractivity contribution in [1.82, 2.24) is 5.32 Å². The molecule has 6 nitrogen and oxygen atoms in total. The molecule has 0 spiro atoms. The minimum absolute atomic E-state index is 0.160. The van der Waals surface area contributed by atoms with Crippen LogP contribution in [0.2, 0.25) is 0 Å². The van der Waals surface area contributed by atoms with Crippen LogP contribution in [0.15, 0.2) is 18.2 Å². The number of anilines is 1. The molecular formula is C15H18FN3O3. The normalized spacial score (nSPS) is 21.6.